The van der Waals surface area contributed by atoms with E-state index in [9.17, 15) is 4.79 Å². The van der Waals surface area contributed by atoms with Crippen LogP contribution in [0.4, 0.5) is 5.69 Å². The van der Waals surface area contributed by atoms with E-state index in [0.717, 1.165) is 22.6 Å². The minimum absolute atomic E-state index is 0.0693. The van der Waals surface area contributed by atoms with Gasteiger partial charge in [-0.05, 0) is 61.7 Å². The second-order valence-corrected chi connectivity index (χ2v) is 7.57. The quantitative estimate of drug-likeness (QED) is 0.552. The normalized spacial score (nSPS) is 10.6. The molecular formula is C23H23NOS. The molecular weight excluding hydrogens is 338 g/mol. The van der Waals surface area contributed by atoms with Crippen molar-refractivity contribution in [3.8, 4) is 0 Å². The Morgan fingerprint density at radius 1 is 0.846 bits per heavy atom. The van der Waals surface area contributed by atoms with Gasteiger partial charge in [-0.15, -0.1) is 11.8 Å². The molecule has 0 atom stereocenters. The maximum atomic E-state index is 12.5. The fourth-order valence-corrected chi connectivity index (χ4v) is 3.61. The Morgan fingerprint density at radius 3 is 2.08 bits per heavy atom. The zero-order chi connectivity index (χ0) is 18.5. The number of hydrogen-bond acceptors (Lipinski definition) is 2. The van der Waals surface area contributed by atoms with Gasteiger partial charge >= 0.3 is 0 Å². The molecule has 1 amide bonds. The van der Waals surface area contributed by atoms with E-state index in [1.165, 1.54) is 16.0 Å². The Hall–Kier alpha value is -2.52. The van der Waals surface area contributed by atoms with Crippen LogP contribution in [0.15, 0.2) is 71.6 Å². The molecule has 0 aliphatic heterocycles. The number of hydrogen-bond donors (Lipinski definition) is 1. The molecule has 26 heavy (non-hydrogen) atoms. The second kappa shape index (κ2) is 8.24. The van der Waals surface area contributed by atoms with E-state index < -0.39 is 0 Å². The van der Waals surface area contributed by atoms with Gasteiger partial charge in [0.05, 0.1) is 0 Å². The molecule has 0 fully saturated rings. The van der Waals surface area contributed by atoms with Crippen LogP contribution in [0.3, 0.4) is 0 Å². The number of benzene rings is 3. The molecule has 0 aliphatic rings. The maximum absolute atomic E-state index is 12.5. The van der Waals surface area contributed by atoms with Crippen LogP contribution in [0.2, 0.25) is 0 Å². The van der Waals surface area contributed by atoms with E-state index in [-0.39, 0.29) is 5.91 Å². The summed E-state index contributed by atoms with van der Waals surface area (Å²) in [5.41, 5.74) is 6.20. The van der Waals surface area contributed by atoms with Crippen LogP contribution < -0.4 is 5.32 Å². The lowest BCUT2D eigenvalue weighted by Crippen LogP contribution is -2.13. The third kappa shape index (κ3) is 4.55. The van der Waals surface area contributed by atoms with Gasteiger partial charge in [-0.3, -0.25) is 4.79 Å². The minimum atomic E-state index is -0.0693. The van der Waals surface area contributed by atoms with Gasteiger partial charge in [0.25, 0.3) is 5.91 Å². The standard InChI is InChI=1S/C23H23NOS/c1-16-7-13-21(14-8-16)26-15-19-9-11-20(12-10-19)23(25)24-22-17(2)5-4-6-18(22)3/h4-14H,15H2,1-3H3,(H,24,25). The highest BCUT2D eigenvalue weighted by atomic mass is 32.2. The summed E-state index contributed by atoms with van der Waals surface area (Å²) in [6.07, 6.45) is 0. The Morgan fingerprint density at radius 2 is 1.46 bits per heavy atom. The number of carbonyl (C=O) groups excluding carboxylic acids is 1. The summed E-state index contributed by atoms with van der Waals surface area (Å²) < 4.78 is 0. The van der Waals surface area contributed by atoms with Crippen molar-refractivity contribution in [2.24, 2.45) is 0 Å². The van der Waals surface area contributed by atoms with Crippen LogP contribution in [0, 0.1) is 20.8 Å². The monoisotopic (exact) mass is 361 g/mol. The molecule has 0 saturated heterocycles. The van der Waals surface area contributed by atoms with E-state index in [0.29, 0.717) is 5.56 Å². The van der Waals surface area contributed by atoms with Crippen molar-refractivity contribution in [1.82, 2.24) is 0 Å². The number of aryl methyl sites for hydroxylation is 3. The molecule has 3 heteroatoms. The number of nitrogens with one attached hydrogen (secondary N) is 1. The fraction of sp³-hybridized carbons (Fsp3) is 0.174. The zero-order valence-electron chi connectivity index (χ0n) is 15.4. The largest absolute Gasteiger partial charge is 0.322 e. The molecule has 0 aromatic heterocycles. The van der Waals surface area contributed by atoms with E-state index in [2.05, 4.69) is 36.5 Å². The van der Waals surface area contributed by atoms with Crippen molar-refractivity contribution in [2.75, 3.05) is 5.32 Å². The highest BCUT2D eigenvalue weighted by Crippen LogP contribution is 2.24. The van der Waals surface area contributed by atoms with Crippen molar-refractivity contribution in [3.63, 3.8) is 0 Å². The Balaban J connectivity index is 1.63. The van der Waals surface area contributed by atoms with Crippen LogP contribution in [0.1, 0.15) is 32.6 Å². The van der Waals surface area contributed by atoms with E-state index in [1.807, 2.05) is 56.3 Å². The topological polar surface area (TPSA) is 29.1 Å². The first kappa shape index (κ1) is 18.3. The van der Waals surface area contributed by atoms with Gasteiger partial charge < -0.3 is 5.32 Å². The van der Waals surface area contributed by atoms with E-state index in [4.69, 9.17) is 0 Å². The third-order valence-corrected chi connectivity index (χ3v) is 5.45. The molecule has 132 valence electrons. The van der Waals surface area contributed by atoms with Crippen molar-refractivity contribution < 1.29 is 4.79 Å². The molecule has 0 radical (unpaired) electrons. The number of amides is 1. The number of para-hydroxylation sites is 1. The van der Waals surface area contributed by atoms with Crippen LogP contribution in [-0.2, 0) is 5.75 Å². The summed E-state index contributed by atoms with van der Waals surface area (Å²) in [5.74, 6) is 0.821. The van der Waals surface area contributed by atoms with E-state index in [1.54, 1.807) is 11.8 Å². The van der Waals surface area contributed by atoms with Crippen molar-refractivity contribution in [3.05, 3.63) is 94.5 Å². The minimum Gasteiger partial charge on any atom is -0.322 e. The number of anilines is 1. The van der Waals surface area contributed by atoms with Gasteiger partial charge in [-0.25, -0.2) is 0 Å². The first-order chi connectivity index (χ1) is 12.5. The average molecular weight is 362 g/mol. The molecule has 0 saturated carbocycles. The SMILES string of the molecule is Cc1ccc(SCc2ccc(C(=O)Nc3c(C)cccc3C)cc2)cc1. The molecule has 0 bridgehead atoms. The average Bonchev–Trinajstić information content (AvgIpc) is 2.65. The van der Waals surface area contributed by atoms with Crippen molar-refractivity contribution in [1.29, 1.82) is 0 Å². The summed E-state index contributed by atoms with van der Waals surface area (Å²) in [7, 11) is 0. The van der Waals surface area contributed by atoms with Crippen molar-refractivity contribution in [2.45, 2.75) is 31.4 Å². The fourth-order valence-electron chi connectivity index (χ4n) is 2.75. The highest BCUT2D eigenvalue weighted by Gasteiger charge is 2.09. The molecule has 0 aliphatic carbocycles. The maximum Gasteiger partial charge on any atom is 0.255 e. The van der Waals surface area contributed by atoms with Gasteiger partial charge in [0.2, 0.25) is 0 Å². The zero-order valence-corrected chi connectivity index (χ0v) is 16.2. The molecule has 1 N–H and O–H groups in total. The molecule has 0 unspecified atom stereocenters. The van der Waals surface area contributed by atoms with Gasteiger partial charge in [-0.1, -0.05) is 48.0 Å². The lowest BCUT2D eigenvalue weighted by Gasteiger charge is -2.11. The van der Waals surface area contributed by atoms with Gasteiger partial charge in [0, 0.05) is 21.9 Å². The number of thioether (sulfide) groups is 1. The molecule has 0 heterocycles. The summed E-state index contributed by atoms with van der Waals surface area (Å²) in [4.78, 5) is 13.8. The summed E-state index contributed by atoms with van der Waals surface area (Å²) in [5, 5.41) is 3.03. The van der Waals surface area contributed by atoms with Gasteiger partial charge in [0.1, 0.15) is 0 Å². The van der Waals surface area contributed by atoms with Crippen LogP contribution in [0.25, 0.3) is 0 Å². The van der Waals surface area contributed by atoms with Crippen LogP contribution in [-0.4, -0.2) is 5.91 Å². The predicted molar refractivity (Wildman–Crippen MR) is 111 cm³/mol. The molecule has 0 spiro atoms. The molecule has 3 aromatic rings. The first-order valence-corrected chi connectivity index (χ1v) is 9.67. The lowest BCUT2D eigenvalue weighted by atomic mass is 10.1. The summed E-state index contributed by atoms with van der Waals surface area (Å²) in [6, 6.07) is 22.4. The van der Waals surface area contributed by atoms with Crippen LogP contribution in [0.5, 0.6) is 0 Å². The molecule has 2 nitrogen and oxygen atoms in total. The molecule has 3 aromatic carbocycles. The Bertz CT molecular complexity index is 878. The highest BCUT2D eigenvalue weighted by molar-refractivity contribution is 7.98. The Kier molecular flexibility index (Phi) is 5.79. The predicted octanol–water partition coefficient (Wildman–Crippen LogP) is 6.16. The van der Waals surface area contributed by atoms with E-state index >= 15 is 0 Å². The first-order valence-electron chi connectivity index (χ1n) is 8.69. The number of carbonyl (C=O) groups is 1. The van der Waals surface area contributed by atoms with Gasteiger partial charge in [0.15, 0.2) is 0 Å². The summed E-state index contributed by atoms with van der Waals surface area (Å²) in [6.45, 7) is 6.11. The Labute approximate surface area is 159 Å². The smallest absolute Gasteiger partial charge is 0.255 e. The third-order valence-electron chi connectivity index (χ3n) is 4.36. The van der Waals surface area contributed by atoms with Crippen molar-refractivity contribution >= 4 is 23.4 Å². The van der Waals surface area contributed by atoms with Crippen LogP contribution >= 0.6 is 11.8 Å². The lowest BCUT2D eigenvalue weighted by molar-refractivity contribution is 0.102. The molecule has 3 rings (SSSR count). The summed E-state index contributed by atoms with van der Waals surface area (Å²) >= 11 is 1.80. The van der Waals surface area contributed by atoms with Gasteiger partial charge in [-0.2, -0.15) is 0 Å². The number of rotatable bonds is 5. The second-order valence-electron chi connectivity index (χ2n) is 6.52.